The van der Waals surface area contributed by atoms with Gasteiger partial charge in [-0.05, 0) is 46.1 Å². The van der Waals surface area contributed by atoms with Gasteiger partial charge in [0.05, 0.1) is 12.4 Å². The Labute approximate surface area is 130 Å². The van der Waals surface area contributed by atoms with Crippen molar-refractivity contribution in [1.82, 2.24) is 19.5 Å². The molecule has 0 aliphatic heterocycles. The number of rotatable bonds is 3. The highest BCUT2D eigenvalue weighted by molar-refractivity contribution is 9.10. The van der Waals surface area contributed by atoms with Crippen LogP contribution in [0.1, 0.15) is 17.0 Å². The van der Waals surface area contributed by atoms with Crippen molar-refractivity contribution in [2.24, 2.45) is 0 Å². The summed E-state index contributed by atoms with van der Waals surface area (Å²) < 4.78 is 2.95. The zero-order valence-electron chi connectivity index (χ0n) is 10.8. The number of hydrogen-bond donors (Lipinski definition) is 0. The van der Waals surface area contributed by atoms with E-state index in [0.29, 0.717) is 12.4 Å². The molecule has 0 saturated heterocycles. The summed E-state index contributed by atoms with van der Waals surface area (Å²) in [5.74, 6) is 1.17. The molecule has 3 aromatic heterocycles. The van der Waals surface area contributed by atoms with Crippen molar-refractivity contribution in [2.75, 3.05) is 0 Å². The SMILES string of the molecule is Cc1ccncc1Cn1c(CCl)nc2cc(Br)cnc21. The molecule has 0 unspecified atom stereocenters. The van der Waals surface area contributed by atoms with Crippen molar-refractivity contribution in [2.45, 2.75) is 19.3 Å². The minimum absolute atomic E-state index is 0.354. The highest BCUT2D eigenvalue weighted by Gasteiger charge is 2.12. The van der Waals surface area contributed by atoms with Gasteiger partial charge in [-0.1, -0.05) is 0 Å². The van der Waals surface area contributed by atoms with Gasteiger partial charge in [-0.3, -0.25) is 4.98 Å². The summed E-state index contributed by atoms with van der Waals surface area (Å²) in [6, 6.07) is 3.95. The third kappa shape index (κ3) is 2.43. The van der Waals surface area contributed by atoms with Crippen LogP contribution >= 0.6 is 27.5 Å². The Morgan fingerprint density at radius 3 is 2.95 bits per heavy atom. The Bertz CT molecular complexity index is 769. The third-order valence-corrected chi connectivity index (χ3v) is 3.90. The molecule has 0 amide bonds. The summed E-state index contributed by atoms with van der Waals surface area (Å²) >= 11 is 9.42. The van der Waals surface area contributed by atoms with E-state index in [1.165, 1.54) is 5.56 Å². The maximum absolute atomic E-state index is 6.01. The predicted molar refractivity (Wildman–Crippen MR) is 82.9 cm³/mol. The molecule has 0 aliphatic rings. The van der Waals surface area contributed by atoms with Crippen LogP contribution in [0.3, 0.4) is 0 Å². The molecule has 0 aliphatic carbocycles. The second-order valence-corrected chi connectivity index (χ2v) is 5.73. The van der Waals surface area contributed by atoms with E-state index in [2.05, 4.69) is 37.8 Å². The Hall–Kier alpha value is -1.46. The molecule has 3 heterocycles. The van der Waals surface area contributed by atoms with E-state index in [9.17, 15) is 0 Å². The molecule has 4 nitrogen and oxygen atoms in total. The number of pyridine rings is 2. The molecule has 102 valence electrons. The van der Waals surface area contributed by atoms with Crippen LogP contribution < -0.4 is 0 Å². The fourth-order valence-electron chi connectivity index (χ4n) is 2.13. The van der Waals surface area contributed by atoms with E-state index in [0.717, 1.165) is 27.0 Å². The first-order valence-electron chi connectivity index (χ1n) is 6.15. The van der Waals surface area contributed by atoms with Gasteiger partial charge >= 0.3 is 0 Å². The van der Waals surface area contributed by atoms with E-state index < -0.39 is 0 Å². The van der Waals surface area contributed by atoms with E-state index >= 15 is 0 Å². The van der Waals surface area contributed by atoms with Crippen LogP contribution in [0, 0.1) is 6.92 Å². The fraction of sp³-hybridized carbons (Fsp3) is 0.214. The maximum Gasteiger partial charge on any atom is 0.160 e. The van der Waals surface area contributed by atoms with Crippen LogP contribution in [-0.2, 0) is 12.4 Å². The van der Waals surface area contributed by atoms with Crippen molar-refractivity contribution < 1.29 is 0 Å². The van der Waals surface area contributed by atoms with Gasteiger partial charge in [-0.2, -0.15) is 0 Å². The van der Waals surface area contributed by atoms with E-state index in [1.807, 2.05) is 22.9 Å². The van der Waals surface area contributed by atoms with Gasteiger partial charge in [-0.25, -0.2) is 9.97 Å². The number of imidazole rings is 1. The molecule has 3 rings (SSSR count). The molecule has 0 aromatic carbocycles. The number of aromatic nitrogens is 4. The first kappa shape index (κ1) is 13.5. The molecule has 0 spiro atoms. The van der Waals surface area contributed by atoms with Gasteiger partial charge in [0, 0.05) is 23.1 Å². The molecule has 0 atom stereocenters. The van der Waals surface area contributed by atoms with Crippen LogP contribution in [0.5, 0.6) is 0 Å². The molecule has 20 heavy (non-hydrogen) atoms. The zero-order valence-corrected chi connectivity index (χ0v) is 13.2. The summed E-state index contributed by atoms with van der Waals surface area (Å²) in [5.41, 5.74) is 4.02. The number of nitrogens with zero attached hydrogens (tertiary/aromatic N) is 4. The second kappa shape index (κ2) is 5.50. The Morgan fingerprint density at radius 1 is 1.35 bits per heavy atom. The van der Waals surface area contributed by atoms with Crippen LogP contribution in [0.25, 0.3) is 11.2 Å². The second-order valence-electron chi connectivity index (χ2n) is 4.55. The van der Waals surface area contributed by atoms with Crippen molar-refractivity contribution in [1.29, 1.82) is 0 Å². The van der Waals surface area contributed by atoms with Crippen molar-refractivity contribution in [3.05, 3.63) is 52.1 Å². The standard InChI is InChI=1S/C14H12BrClN4/c1-9-2-3-17-6-10(9)8-20-13(5-16)19-12-4-11(15)7-18-14(12)20/h2-4,6-7H,5,8H2,1H3. The van der Waals surface area contributed by atoms with Gasteiger partial charge in [0.2, 0.25) is 0 Å². The monoisotopic (exact) mass is 350 g/mol. The van der Waals surface area contributed by atoms with Crippen LogP contribution in [0.15, 0.2) is 35.2 Å². The highest BCUT2D eigenvalue weighted by atomic mass is 79.9. The Morgan fingerprint density at radius 2 is 2.20 bits per heavy atom. The average Bonchev–Trinajstić information content (AvgIpc) is 2.78. The average molecular weight is 352 g/mol. The number of fused-ring (bicyclic) bond motifs is 1. The quantitative estimate of drug-likeness (QED) is 0.676. The molecule has 0 fully saturated rings. The lowest BCUT2D eigenvalue weighted by atomic mass is 10.1. The van der Waals surface area contributed by atoms with Crippen molar-refractivity contribution in [3.63, 3.8) is 0 Å². The Balaban J connectivity index is 2.12. The van der Waals surface area contributed by atoms with Crippen LogP contribution in [0.2, 0.25) is 0 Å². The van der Waals surface area contributed by atoms with E-state index in [4.69, 9.17) is 11.6 Å². The molecular weight excluding hydrogens is 340 g/mol. The van der Waals surface area contributed by atoms with E-state index in [-0.39, 0.29) is 0 Å². The highest BCUT2D eigenvalue weighted by Crippen LogP contribution is 2.21. The predicted octanol–water partition coefficient (Wildman–Crippen LogP) is 3.68. The maximum atomic E-state index is 6.01. The minimum atomic E-state index is 0.354. The van der Waals surface area contributed by atoms with Gasteiger partial charge in [-0.15, -0.1) is 11.6 Å². The number of hydrogen-bond acceptors (Lipinski definition) is 3. The normalized spacial score (nSPS) is 11.2. The number of alkyl halides is 1. The minimum Gasteiger partial charge on any atom is -0.307 e. The lowest BCUT2D eigenvalue weighted by molar-refractivity contribution is 0.763. The van der Waals surface area contributed by atoms with Crippen molar-refractivity contribution >= 4 is 38.7 Å². The topological polar surface area (TPSA) is 43.6 Å². The summed E-state index contributed by atoms with van der Waals surface area (Å²) in [7, 11) is 0. The first-order chi connectivity index (χ1) is 9.69. The largest absolute Gasteiger partial charge is 0.307 e. The van der Waals surface area contributed by atoms with E-state index in [1.54, 1.807) is 12.4 Å². The molecule has 0 radical (unpaired) electrons. The molecular formula is C14H12BrClN4. The first-order valence-corrected chi connectivity index (χ1v) is 7.48. The zero-order chi connectivity index (χ0) is 14.1. The summed E-state index contributed by atoms with van der Waals surface area (Å²) in [5, 5.41) is 0. The summed E-state index contributed by atoms with van der Waals surface area (Å²) in [4.78, 5) is 13.2. The van der Waals surface area contributed by atoms with Crippen LogP contribution in [-0.4, -0.2) is 19.5 Å². The van der Waals surface area contributed by atoms with Crippen molar-refractivity contribution in [3.8, 4) is 0 Å². The lowest BCUT2D eigenvalue weighted by Gasteiger charge is -2.09. The molecule has 0 N–H and O–H groups in total. The molecule has 0 bridgehead atoms. The Kier molecular flexibility index (Phi) is 3.72. The molecule has 6 heteroatoms. The van der Waals surface area contributed by atoms with Gasteiger partial charge in [0.15, 0.2) is 5.65 Å². The number of aryl methyl sites for hydroxylation is 1. The van der Waals surface area contributed by atoms with Gasteiger partial charge in [0.25, 0.3) is 0 Å². The molecule has 3 aromatic rings. The third-order valence-electron chi connectivity index (χ3n) is 3.23. The smallest absolute Gasteiger partial charge is 0.160 e. The summed E-state index contributed by atoms with van der Waals surface area (Å²) in [6.45, 7) is 2.74. The number of halogens is 2. The molecule has 0 saturated carbocycles. The lowest BCUT2D eigenvalue weighted by Crippen LogP contribution is -2.06. The van der Waals surface area contributed by atoms with Gasteiger partial charge in [0.1, 0.15) is 11.3 Å². The fourth-order valence-corrected chi connectivity index (χ4v) is 2.66. The van der Waals surface area contributed by atoms with Crippen LogP contribution in [0.4, 0.5) is 0 Å². The summed E-state index contributed by atoms with van der Waals surface area (Å²) in [6.07, 6.45) is 5.44. The van der Waals surface area contributed by atoms with Gasteiger partial charge < -0.3 is 4.57 Å².